The maximum Gasteiger partial charge on any atom is 0.273 e. The number of pyridine rings is 1. The van der Waals surface area contributed by atoms with Gasteiger partial charge in [-0.3, -0.25) is 4.79 Å². The van der Waals surface area contributed by atoms with Crippen LogP contribution in [0.1, 0.15) is 48.2 Å². The molecule has 2 fully saturated rings. The molecule has 4 nitrogen and oxygen atoms in total. The molecule has 148 valence electrons. The van der Waals surface area contributed by atoms with Crippen LogP contribution >= 0.6 is 0 Å². The van der Waals surface area contributed by atoms with Crippen LogP contribution in [0.4, 0.5) is 0 Å². The summed E-state index contributed by atoms with van der Waals surface area (Å²) in [5, 5.41) is 1.06. The first-order chi connectivity index (χ1) is 14.3. The second-order valence-corrected chi connectivity index (χ2v) is 8.31. The van der Waals surface area contributed by atoms with Crippen LogP contribution < -0.4 is 4.74 Å². The zero-order valence-electron chi connectivity index (χ0n) is 16.6. The summed E-state index contributed by atoms with van der Waals surface area (Å²) in [6.45, 7) is 1.43. The summed E-state index contributed by atoms with van der Waals surface area (Å²) >= 11 is 0. The third-order valence-electron chi connectivity index (χ3n) is 6.05. The highest BCUT2D eigenvalue weighted by atomic mass is 16.5. The Hall–Kier alpha value is -2.88. The van der Waals surface area contributed by atoms with Crippen LogP contribution in [0.2, 0.25) is 0 Å². The van der Waals surface area contributed by atoms with Gasteiger partial charge in [0.1, 0.15) is 11.4 Å². The summed E-state index contributed by atoms with van der Waals surface area (Å²) in [5.41, 5.74) is 2.51. The first-order valence-electron chi connectivity index (χ1n) is 10.6. The number of amides is 1. The number of benzene rings is 2. The van der Waals surface area contributed by atoms with Crippen molar-refractivity contribution >= 4 is 16.8 Å². The van der Waals surface area contributed by atoms with Crippen LogP contribution in [0.5, 0.6) is 5.75 Å². The Morgan fingerprint density at radius 2 is 1.76 bits per heavy atom. The van der Waals surface area contributed by atoms with Crippen molar-refractivity contribution in [3.63, 3.8) is 0 Å². The van der Waals surface area contributed by atoms with Crippen LogP contribution in [0.25, 0.3) is 10.9 Å². The van der Waals surface area contributed by atoms with E-state index in [-0.39, 0.29) is 5.91 Å². The quantitative estimate of drug-likeness (QED) is 0.559. The molecule has 0 atom stereocenters. The van der Waals surface area contributed by atoms with Crippen LogP contribution in [0.15, 0.2) is 60.7 Å². The number of carbonyl (C=O) groups excluding carboxylic acids is 1. The first kappa shape index (κ1) is 18.2. The number of carbonyl (C=O) groups is 1. The Kier molecular flexibility index (Phi) is 4.92. The van der Waals surface area contributed by atoms with Gasteiger partial charge in [-0.1, -0.05) is 42.8 Å². The number of fused-ring (bicyclic) bond motifs is 1. The number of aromatic nitrogens is 1. The van der Waals surface area contributed by atoms with E-state index in [9.17, 15) is 4.79 Å². The molecule has 1 heterocycles. The average molecular weight is 386 g/mol. The van der Waals surface area contributed by atoms with Gasteiger partial charge in [-0.05, 0) is 61.4 Å². The zero-order valence-corrected chi connectivity index (χ0v) is 16.6. The molecule has 0 spiro atoms. The molecule has 0 radical (unpaired) electrons. The Labute approximate surface area is 171 Å². The standard InChI is InChI=1S/C25H26N2O2/c28-25(24-15-10-20-6-1-2-7-23(20)26-24)27(21-11-12-21)16-18-8-13-22(14-9-18)29-17-19-4-3-5-19/h1-2,6-10,13-15,19,21H,3-5,11-12,16-17H2. The molecule has 3 aromatic rings. The summed E-state index contributed by atoms with van der Waals surface area (Å²) in [6, 6.07) is 20.3. The predicted molar refractivity (Wildman–Crippen MR) is 114 cm³/mol. The third-order valence-corrected chi connectivity index (χ3v) is 6.05. The van der Waals surface area contributed by atoms with Crippen molar-refractivity contribution in [2.45, 2.75) is 44.7 Å². The molecule has 0 bridgehead atoms. The lowest BCUT2D eigenvalue weighted by Crippen LogP contribution is -2.33. The number of ether oxygens (including phenoxy) is 1. The van der Waals surface area contributed by atoms with Gasteiger partial charge in [0.15, 0.2) is 0 Å². The summed E-state index contributed by atoms with van der Waals surface area (Å²) in [6.07, 6.45) is 6.06. The fourth-order valence-corrected chi connectivity index (χ4v) is 3.85. The molecule has 0 unspecified atom stereocenters. The van der Waals surface area contributed by atoms with Gasteiger partial charge in [-0.2, -0.15) is 0 Å². The molecule has 0 N–H and O–H groups in total. The van der Waals surface area contributed by atoms with Crippen LogP contribution in [0, 0.1) is 5.92 Å². The molecule has 0 saturated heterocycles. The van der Waals surface area contributed by atoms with E-state index in [1.165, 1.54) is 19.3 Å². The van der Waals surface area contributed by atoms with E-state index >= 15 is 0 Å². The molecule has 2 aliphatic carbocycles. The van der Waals surface area contributed by atoms with Gasteiger partial charge in [-0.15, -0.1) is 0 Å². The summed E-state index contributed by atoms with van der Waals surface area (Å²) in [4.78, 5) is 19.8. The van der Waals surface area contributed by atoms with Crippen molar-refractivity contribution in [1.29, 1.82) is 0 Å². The van der Waals surface area contributed by atoms with E-state index in [0.29, 0.717) is 18.3 Å². The highest BCUT2D eigenvalue weighted by Gasteiger charge is 2.33. The van der Waals surface area contributed by atoms with Gasteiger partial charge >= 0.3 is 0 Å². The summed E-state index contributed by atoms with van der Waals surface area (Å²) in [5.74, 6) is 1.66. The van der Waals surface area contributed by atoms with E-state index in [4.69, 9.17) is 4.74 Å². The van der Waals surface area contributed by atoms with Gasteiger partial charge in [-0.25, -0.2) is 4.98 Å². The SMILES string of the molecule is O=C(c1ccc2ccccc2n1)N(Cc1ccc(OCC2CCC2)cc1)C1CC1. The number of rotatable bonds is 7. The first-order valence-corrected chi connectivity index (χ1v) is 10.6. The van der Waals surface area contributed by atoms with Crippen LogP contribution in [0.3, 0.4) is 0 Å². The second-order valence-electron chi connectivity index (χ2n) is 8.31. The van der Waals surface area contributed by atoms with Crippen molar-refractivity contribution in [3.05, 3.63) is 71.9 Å². The second kappa shape index (κ2) is 7.86. The number of hydrogen-bond acceptors (Lipinski definition) is 3. The van der Waals surface area contributed by atoms with Crippen molar-refractivity contribution in [2.75, 3.05) is 6.61 Å². The zero-order chi connectivity index (χ0) is 19.6. The Morgan fingerprint density at radius 1 is 0.966 bits per heavy atom. The lowest BCUT2D eigenvalue weighted by Gasteiger charge is -2.25. The highest BCUT2D eigenvalue weighted by Crippen LogP contribution is 2.31. The number of nitrogens with zero attached hydrogens (tertiary/aromatic N) is 2. The van der Waals surface area contributed by atoms with Crippen molar-refractivity contribution < 1.29 is 9.53 Å². The fraction of sp³-hybridized carbons (Fsp3) is 0.360. The third kappa shape index (κ3) is 4.12. The van der Waals surface area contributed by atoms with Crippen LogP contribution in [-0.4, -0.2) is 28.4 Å². The molecule has 4 heteroatoms. The summed E-state index contributed by atoms with van der Waals surface area (Å²) < 4.78 is 5.90. The van der Waals surface area contributed by atoms with Crippen molar-refractivity contribution in [3.8, 4) is 5.75 Å². The number of para-hydroxylation sites is 1. The smallest absolute Gasteiger partial charge is 0.273 e. The molecule has 2 aliphatic rings. The van der Waals surface area contributed by atoms with E-state index in [2.05, 4.69) is 17.1 Å². The highest BCUT2D eigenvalue weighted by molar-refractivity contribution is 5.95. The Bertz CT molecular complexity index is 1010. The topological polar surface area (TPSA) is 42.4 Å². The van der Waals surface area contributed by atoms with Gasteiger partial charge in [0.2, 0.25) is 0 Å². The lowest BCUT2D eigenvalue weighted by molar-refractivity contribution is 0.0724. The fourth-order valence-electron chi connectivity index (χ4n) is 3.85. The van der Waals surface area contributed by atoms with E-state index in [1.807, 2.05) is 53.4 Å². The van der Waals surface area contributed by atoms with Crippen LogP contribution in [-0.2, 0) is 6.54 Å². The average Bonchev–Trinajstić information content (AvgIpc) is 3.56. The van der Waals surface area contributed by atoms with E-state index in [0.717, 1.165) is 47.6 Å². The van der Waals surface area contributed by atoms with Gasteiger partial charge in [0.05, 0.1) is 12.1 Å². The number of hydrogen-bond donors (Lipinski definition) is 0. The molecule has 2 aromatic carbocycles. The predicted octanol–water partition coefficient (Wildman–Crippen LogP) is 5.22. The minimum atomic E-state index is 0.0172. The summed E-state index contributed by atoms with van der Waals surface area (Å²) in [7, 11) is 0. The molecule has 29 heavy (non-hydrogen) atoms. The maximum absolute atomic E-state index is 13.2. The Morgan fingerprint density at radius 3 is 2.48 bits per heavy atom. The molecular formula is C25H26N2O2. The molecular weight excluding hydrogens is 360 g/mol. The maximum atomic E-state index is 13.2. The normalized spacial score (nSPS) is 16.4. The van der Waals surface area contributed by atoms with Gasteiger partial charge in [0.25, 0.3) is 5.91 Å². The monoisotopic (exact) mass is 386 g/mol. The molecule has 1 amide bonds. The van der Waals surface area contributed by atoms with E-state index in [1.54, 1.807) is 0 Å². The minimum Gasteiger partial charge on any atom is -0.493 e. The lowest BCUT2D eigenvalue weighted by atomic mass is 9.86. The van der Waals surface area contributed by atoms with Crippen molar-refractivity contribution in [2.24, 2.45) is 5.92 Å². The largest absolute Gasteiger partial charge is 0.493 e. The molecule has 1 aromatic heterocycles. The Balaban J connectivity index is 1.28. The molecule has 5 rings (SSSR count). The van der Waals surface area contributed by atoms with E-state index < -0.39 is 0 Å². The van der Waals surface area contributed by atoms with Gasteiger partial charge in [0, 0.05) is 18.0 Å². The minimum absolute atomic E-state index is 0.0172. The molecule has 0 aliphatic heterocycles. The van der Waals surface area contributed by atoms with Gasteiger partial charge < -0.3 is 9.64 Å². The van der Waals surface area contributed by atoms with Crippen molar-refractivity contribution in [1.82, 2.24) is 9.88 Å². The molecule has 2 saturated carbocycles.